The van der Waals surface area contributed by atoms with Crippen molar-refractivity contribution in [1.29, 1.82) is 0 Å². The van der Waals surface area contributed by atoms with E-state index in [0.29, 0.717) is 24.0 Å². The smallest absolute Gasteiger partial charge is 0.228 e. The third-order valence-electron chi connectivity index (χ3n) is 1.57. The maximum absolute atomic E-state index is 5.03. The fraction of sp³-hybridized carbons (Fsp3) is 0.625. The fourth-order valence-corrected chi connectivity index (χ4v) is 1.09. The highest BCUT2D eigenvalue weighted by molar-refractivity contribution is 7.80. The highest BCUT2D eigenvalue weighted by atomic mass is 32.1. The zero-order valence-electron chi connectivity index (χ0n) is 8.12. The summed E-state index contributed by atoms with van der Waals surface area (Å²) >= 11 is 5.03. The minimum absolute atomic E-state index is 0.621. The van der Waals surface area contributed by atoms with E-state index in [9.17, 15) is 0 Å². The van der Waals surface area contributed by atoms with Crippen LogP contribution in [0.2, 0.25) is 0 Å². The Bertz CT molecular complexity index is 262. The van der Waals surface area contributed by atoms with Gasteiger partial charge in [0.05, 0.1) is 0 Å². The molecule has 0 saturated carbocycles. The number of nitrogens with zero attached hydrogens (tertiary/aromatic N) is 2. The van der Waals surface area contributed by atoms with Gasteiger partial charge < -0.3 is 15.2 Å². The molecule has 5 nitrogen and oxygen atoms in total. The second-order valence-electron chi connectivity index (χ2n) is 2.77. The topological polar surface area (TPSA) is 63.0 Å². The fourth-order valence-electron chi connectivity index (χ4n) is 0.890. The molecule has 1 aromatic heterocycles. The Morgan fingerprint density at radius 2 is 2.29 bits per heavy atom. The van der Waals surface area contributed by atoms with Crippen molar-refractivity contribution in [3.63, 3.8) is 0 Å². The van der Waals surface area contributed by atoms with Crippen LogP contribution in [0, 0.1) is 0 Å². The van der Waals surface area contributed by atoms with Crippen molar-refractivity contribution in [1.82, 2.24) is 20.8 Å². The number of nitrogens with one attached hydrogen (secondary N) is 2. The average Bonchev–Trinajstić information content (AvgIpc) is 2.67. The number of rotatable bonds is 5. The van der Waals surface area contributed by atoms with E-state index in [0.717, 1.165) is 13.0 Å². The predicted molar refractivity (Wildman–Crippen MR) is 56.9 cm³/mol. The summed E-state index contributed by atoms with van der Waals surface area (Å²) in [5.41, 5.74) is 0. The molecule has 78 valence electrons. The van der Waals surface area contributed by atoms with Crippen molar-refractivity contribution in [2.24, 2.45) is 0 Å². The lowest BCUT2D eigenvalue weighted by Crippen LogP contribution is -2.36. The molecule has 0 fully saturated rings. The van der Waals surface area contributed by atoms with Crippen LogP contribution in [0.3, 0.4) is 0 Å². The molecular formula is C8H14N4OS. The molecule has 0 amide bonds. The molecule has 0 spiro atoms. The lowest BCUT2D eigenvalue weighted by molar-refractivity contribution is 0.377. The van der Waals surface area contributed by atoms with Crippen molar-refractivity contribution in [2.45, 2.75) is 19.8 Å². The Balaban J connectivity index is 2.06. The summed E-state index contributed by atoms with van der Waals surface area (Å²) in [6.07, 6.45) is 3.14. The van der Waals surface area contributed by atoms with Gasteiger partial charge >= 0.3 is 0 Å². The largest absolute Gasteiger partial charge is 0.363 e. The molecule has 0 unspecified atom stereocenters. The monoisotopic (exact) mass is 214 g/mol. The third kappa shape index (κ3) is 4.18. The van der Waals surface area contributed by atoms with Crippen LogP contribution in [0.25, 0.3) is 0 Å². The first-order valence-electron chi connectivity index (χ1n) is 4.60. The zero-order valence-corrected chi connectivity index (χ0v) is 8.93. The molecule has 0 radical (unpaired) electrons. The Labute approximate surface area is 88.3 Å². The van der Waals surface area contributed by atoms with Gasteiger partial charge in [-0.1, -0.05) is 12.1 Å². The second-order valence-corrected chi connectivity index (χ2v) is 3.18. The highest BCUT2D eigenvalue weighted by Crippen LogP contribution is 1.90. The van der Waals surface area contributed by atoms with E-state index >= 15 is 0 Å². The standard InChI is InChI=1S/C8H14N4OS/c1-2-4-9-8(14)10-5-3-7-11-6-12-13-7/h6H,2-5H2,1H3,(H2,9,10,14). The van der Waals surface area contributed by atoms with E-state index in [4.69, 9.17) is 16.7 Å². The first-order chi connectivity index (χ1) is 6.83. The van der Waals surface area contributed by atoms with Crippen LogP contribution in [-0.2, 0) is 6.42 Å². The van der Waals surface area contributed by atoms with E-state index < -0.39 is 0 Å². The molecular weight excluding hydrogens is 200 g/mol. The van der Waals surface area contributed by atoms with Crippen LogP contribution in [0.5, 0.6) is 0 Å². The summed E-state index contributed by atoms with van der Waals surface area (Å²) in [6, 6.07) is 0. The average molecular weight is 214 g/mol. The molecule has 0 bridgehead atoms. The molecule has 1 heterocycles. The Morgan fingerprint density at radius 1 is 1.50 bits per heavy atom. The first kappa shape index (κ1) is 10.9. The van der Waals surface area contributed by atoms with E-state index in [1.165, 1.54) is 6.33 Å². The van der Waals surface area contributed by atoms with Gasteiger partial charge in [0.2, 0.25) is 5.89 Å². The van der Waals surface area contributed by atoms with Crippen LogP contribution in [-0.4, -0.2) is 28.3 Å². The maximum atomic E-state index is 5.03. The van der Waals surface area contributed by atoms with Crippen LogP contribution in [0.4, 0.5) is 0 Å². The normalized spacial score (nSPS) is 9.79. The lowest BCUT2D eigenvalue weighted by Gasteiger charge is -2.07. The van der Waals surface area contributed by atoms with Crippen LogP contribution in [0.15, 0.2) is 10.9 Å². The number of thiocarbonyl (C=S) groups is 1. The molecule has 14 heavy (non-hydrogen) atoms. The third-order valence-corrected chi connectivity index (χ3v) is 1.86. The van der Waals surface area contributed by atoms with E-state index in [2.05, 4.69) is 27.7 Å². The number of hydrogen-bond acceptors (Lipinski definition) is 4. The summed E-state index contributed by atoms with van der Waals surface area (Å²) < 4.78 is 4.83. The summed E-state index contributed by atoms with van der Waals surface area (Å²) in [5.74, 6) is 0.621. The molecule has 0 atom stereocenters. The number of hydrogen-bond donors (Lipinski definition) is 2. The van der Waals surface area contributed by atoms with Crippen LogP contribution >= 0.6 is 12.2 Å². The van der Waals surface area contributed by atoms with Gasteiger partial charge in [0.1, 0.15) is 0 Å². The molecule has 1 aromatic rings. The molecule has 0 aliphatic carbocycles. The van der Waals surface area contributed by atoms with Crippen LogP contribution in [0.1, 0.15) is 19.2 Å². The zero-order chi connectivity index (χ0) is 10.2. The highest BCUT2D eigenvalue weighted by Gasteiger charge is 1.98. The van der Waals surface area contributed by atoms with Gasteiger partial charge in [0, 0.05) is 19.5 Å². The predicted octanol–water partition coefficient (Wildman–Crippen LogP) is 0.486. The van der Waals surface area contributed by atoms with Gasteiger partial charge in [0.25, 0.3) is 0 Å². The minimum atomic E-state index is 0.621. The van der Waals surface area contributed by atoms with Gasteiger partial charge in [0.15, 0.2) is 11.4 Å². The molecule has 6 heteroatoms. The van der Waals surface area contributed by atoms with Gasteiger partial charge in [-0.05, 0) is 18.6 Å². The quantitative estimate of drug-likeness (QED) is 0.695. The summed E-state index contributed by atoms with van der Waals surface area (Å²) in [6.45, 7) is 3.69. The van der Waals surface area contributed by atoms with E-state index in [-0.39, 0.29) is 0 Å². The van der Waals surface area contributed by atoms with Crippen molar-refractivity contribution in [2.75, 3.05) is 13.1 Å². The Kier molecular flexibility index (Phi) is 4.92. The summed E-state index contributed by atoms with van der Waals surface area (Å²) in [7, 11) is 0. The summed E-state index contributed by atoms with van der Waals surface area (Å²) in [4.78, 5) is 3.89. The van der Waals surface area contributed by atoms with Crippen molar-refractivity contribution >= 4 is 17.3 Å². The molecule has 0 aliphatic heterocycles. The first-order valence-corrected chi connectivity index (χ1v) is 5.01. The SMILES string of the molecule is CCCNC(=S)NCCc1ncno1. The molecule has 1 rings (SSSR count). The van der Waals surface area contributed by atoms with E-state index in [1.807, 2.05) is 0 Å². The molecule has 0 aromatic carbocycles. The van der Waals surface area contributed by atoms with Crippen molar-refractivity contribution < 1.29 is 4.52 Å². The maximum Gasteiger partial charge on any atom is 0.228 e. The van der Waals surface area contributed by atoms with Crippen molar-refractivity contribution in [3.8, 4) is 0 Å². The second kappa shape index (κ2) is 6.31. The molecule has 0 saturated heterocycles. The van der Waals surface area contributed by atoms with Gasteiger partial charge in [-0.2, -0.15) is 4.98 Å². The summed E-state index contributed by atoms with van der Waals surface area (Å²) in [5, 5.41) is 10.3. The van der Waals surface area contributed by atoms with Crippen molar-refractivity contribution in [3.05, 3.63) is 12.2 Å². The van der Waals surface area contributed by atoms with Gasteiger partial charge in [-0.25, -0.2) is 0 Å². The number of aromatic nitrogens is 2. The van der Waals surface area contributed by atoms with E-state index in [1.54, 1.807) is 0 Å². The molecule has 2 N–H and O–H groups in total. The lowest BCUT2D eigenvalue weighted by atomic mass is 10.4. The Morgan fingerprint density at radius 3 is 2.93 bits per heavy atom. The van der Waals surface area contributed by atoms with Gasteiger partial charge in [-0.15, -0.1) is 0 Å². The molecule has 0 aliphatic rings. The Hall–Kier alpha value is -1.17. The van der Waals surface area contributed by atoms with Crippen LogP contribution < -0.4 is 10.6 Å². The minimum Gasteiger partial charge on any atom is -0.363 e. The van der Waals surface area contributed by atoms with Gasteiger partial charge in [-0.3, -0.25) is 0 Å².